The molecule has 0 aromatic heterocycles. The molecule has 3 heteroatoms. The molecule has 2 nitrogen and oxygen atoms in total. The summed E-state index contributed by atoms with van der Waals surface area (Å²) < 4.78 is 18.0. The highest BCUT2D eigenvalue weighted by Crippen LogP contribution is 2.19. The van der Waals surface area contributed by atoms with Crippen molar-refractivity contribution in [2.45, 2.75) is 19.5 Å². The summed E-state index contributed by atoms with van der Waals surface area (Å²) in [5.74, 6) is 0.650. The van der Waals surface area contributed by atoms with E-state index in [0.717, 1.165) is 11.3 Å². The fourth-order valence-corrected chi connectivity index (χ4v) is 1.90. The first-order chi connectivity index (χ1) is 9.19. The number of halogens is 1. The Hall–Kier alpha value is -1.87. The summed E-state index contributed by atoms with van der Waals surface area (Å²) in [4.78, 5) is 0. The highest BCUT2D eigenvalue weighted by atomic mass is 19.1. The molecule has 0 heterocycles. The number of nitrogens with one attached hydrogen (secondary N) is 1. The number of rotatable bonds is 5. The Morgan fingerprint density at radius 1 is 1.16 bits per heavy atom. The van der Waals surface area contributed by atoms with Crippen LogP contribution in [0.5, 0.6) is 5.75 Å². The first-order valence-electron chi connectivity index (χ1n) is 6.31. The van der Waals surface area contributed by atoms with E-state index in [1.54, 1.807) is 19.2 Å². The molecular formula is C16H18FNO. The van der Waals surface area contributed by atoms with E-state index in [4.69, 9.17) is 4.74 Å². The van der Waals surface area contributed by atoms with Crippen LogP contribution in [0, 0.1) is 5.82 Å². The molecule has 0 fully saturated rings. The van der Waals surface area contributed by atoms with Crippen molar-refractivity contribution < 1.29 is 9.13 Å². The van der Waals surface area contributed by atoms with Gasteiger partial charge < -0.3 is 10.1 Å². The zero-order valence-corrected chi connectivity index (χ0v) is 11.2. The highest BCUT2D eigenvalue weighted by Gasteiger charge is 2.05. The summed E-state index contributed by atoms with van der Waals surface area (Å²) in [5, 5.41) is 3.41. The topological polar surface area (TPSA) is 21.3 Å². The van der Waals surface area contributed by atoms with Crippen molar-refractivity contribution >= 4 is 0 Å². The Kier molecular flexibility index (Phi) is 4.53. The van der Waals surface area contributed by atoms with Crippen molar-refractivity contribution in [1.29, 1.82) is 0 Å². The molecule has 0 bridgehead atoms. The Morgan fingerprint density at radius 2 is 1.89 bits per heavy atom. The van der Waals surface area contributed by atoms with Crippen LogP contribution >= 0.6 is 0 Å². The molecular weight excluding hydrogens is 241 g/mol. The molecule has 0 aliphatic carbocycles. The lowest BCUT2D eigenvalue weighted by atomic mass is 10.1. The number of methoxy groups -OCH3 is 1. The molecule has 1 N–H and O–H groups in total. The lowest BCUT2D eigenvalue weighted by Crippen LogP contribution is -2.18. The second-order valence-electron chi connectivity index (χ2n) is 4.51. The Labute approximate surface area is 113 Å². The van der Waals surface area contributed by atoms with Crippen LogP contribution in [0.15, 0.2) is 48.5 Å². The molecule has 0 saturated carbocycles. The van der Waals surface area contributed by atoms with Gasteiger partial charge >= 0.3 is 0 Å². The molecule has 19 heavy (non-hydrogen) atoms. The Balaban J connectivity index is 1.96. The molecule has 100 valence electrons. The average Bonchev–Trinajstić information content (AvgIpc) is 2.46. The van der Waals surface area contributed by atoms with E-state index in [9.17, 15) is 4.39 Å². The average molecular weight is 259 g/mol. The fraction of sp³-hybridized carbons (Fsp3) is 0.250. The summed E-state index contributed by atoms with van der Waals surface area (Å²) in [6.07, 6.45) is 0. The van der Waals surface area contributed by atoms with Gasteiger partial charge in [0.05, 0.1) is 7.11 Å². The quantitative estimate of drug-likeness (QED) is 0.884. The molecule has 1 atom stereocenters. The Bertz CT molecular complexity index is 525. The number of benzene rings is 2. The van der Waals surface area contributed by atoms with Gasteiger partial charge in [0.25, 0.3) is 0 Å². The first kappa shape index (κ1) is 13.6. The van der Waals surface area contributed by atoms with E-state index in [1.807, 2.05) is 18.2 Å². The molecule has 0 aliphatic heterocycles. The van der Waals surface area contributed by atoms with Gasteiger partial charge in [0.2, 0.25) is 0 Å². The third-order valence-electron chi connectivity index (χ3n) is 3.12. The predicted octanol–water partition coefficient (Wildman–Crippen LogP) is 3.69. The SMILES string of the molecule is COc1cccc(C(C)NCc2ccc(F)cc2)c1. The summed E-state index contributed by atoms with van der Waals surface area (Å²) in [7, 11) is 1.66. The van der Waals surface area contributed by atoms with Crippen molar-refractivity contribution in [1.82, 2.24) is 5.32 Å². The maximum absolute atomic E-state index is 12.8. The Morgan fingerprint density at radius 3 is 2.58 bits per heavy atom. The van der Waals surface area contributed by atoms with Gasteiger partial charge in [0.1, 0.15) is 11.6 Å². The molecule has 1 unspecified atom stereocenters. The van der Waals surface area contributed by atoms with Gasteiger partial charge in [-0.15, -0.1) is 0 Å². The van der Waals surface area contributed by atoms with Gasteiger partial charge in [-0.2, -0.15) is 0 Å². The van der Waals surface area contributed by atoms with Crippen LogP contribution in [-0.2, 0) is 6.54 Å². The van der Waals surface area contributed by atoms with E-state index in [2.05, 4.69) is 18.3 Å². The van der Waals surface area contributed by atoms with Crippen LogP contribution in [0.25, 0.3) is 0 Å². The van der Waals surface area contributed by atoms with Gasteiger partial charge in [-0.05, 0) is 42.3 Å². The summed E-state index contributed by atoms with van der Waals surface area (Å²) >= 11 is 0. The first-order valence-corrected chi connectivity index (χ1v) is 6.31. The minimum absolute atomic E-state index is 0.204. The van der Waals surface area contributed by atoms with Crippen LogP contribution in [0.1, 0.15) is 24.1 Å². The zero-order chi connectivity index (χ0) is 13.7. The predicted molar refractivity (Wildman–Crippen MR) is 74.6 cm³/mol. The number of hydrogen-bond donors (Lipinski definition) is 1. The fourth-order valence-electron chi connectivity index (χ4n) is 1.90. The van der Waals surface area contributed by atoms with Crippen molar-refractivity contribution in [3.05, 3.63) is 65.5 Å². The normalized spacial score (nSPS) is 12.2. The summed E-state index contributed by atoms with van der Waals surface area (Å²) in [5.41, 5.74) is 2.23. The zero-order valence-electron chi connectivity index (χ0n) is 11.2. The monoisotopic (exact) mass is 259 g/mol. The van der Waals surface area contributed by atoms with E-state index >= 15 is 0 Å². The third kappa shape index (κ3) is 3.80. The van der Waals surface area contributed by atoms with Gasteiger partial charge in [0, 0.05) is 12.6 Å². The second-order valence-corrected chi connectivity index (χ2v) is 4.51. The van der Waals surface area contributed by atoms with Crippen molar-refractivity contribution in [2.24, 2.45) is 0 Å². The molecule has 0 radical (unpaired) electrons. The van der Waals surface area contributed by atoms with Crippen LogP contribution in [-0.4, -0.2) is 7.11 Å². The molecule has 0 amide bonds. The smallest absolute Gasteiger partial charge is 0.123 e. The molecule has 2 aromatic rings. The minimum Gasteiger partial charge on any atom is -0.497 e. The van der Waals surface area contributed by atoms with Crippen LogP contribution in [0.2, 0.25) is 0 Å². The van der Waals surface area contributed by atoms with E-state index in [0.29, 0.717) is 6.54 Å². The summed E-state index contributed by atoms with van der Waals surface area (Å²) in [6, 6.07) is 14.7. The van der Waals surface area contributed by atoms with E-state index in [1.165, 1.54) is 17.7 Å². The molecule has 2 rings (SSSR count). The third-order valence-corrected chi connectivity index (χ3v) is 3.12. The van der Waals surface area contributed by atoms with Gasteiger partial charge in [-0.3, -0.25) is 0 Å². The van der Waals surface area contributed by atoms with Crippen LogP contribution in [0.3, 0.4) is 0 Å². The van der Waals surface area contributed by atoms with Crippen molar-refractivity contribution in [2.75, 3.05) is 7.11 Å². The molecule has 2 aromatic carbocycles. The maximum Gasteiger partial charge on any atom is 0.123 e. The lowest BCUT2D eigenvalue weighted by molar-refractivity contribution is 0.413. The van der Waals surface area contributed by atoms with E-state index < -0.39 is 0 Å². The number of hydrogen-bond acceptors (Lipinski definition) is 2. The van der Waals surface area contributed by atoms with Gasteiger partial charge in [0.15, 0.2) is 0 Å². The van der Waals surface area contributed by atoms with Gasteiger partial charge in [-0.25, -0.2) is 4.39 Å². The van der Waals surface area contributed by atoms with Crippen molar-refractivity contribution in [3.8, 4) is 5.75 Å². The lowest BCUT2D eigenvalue weighted by Gasteiger charge is -2.15. The molecule has 0 saturated heterocycles. The number of ether oxygens (including phenoxy) is 1. The van der Waals surface area contributed by atoms with Crippen LogP contribution in [0.4, 0.5) is 4.39 Å². The summed E-state index contributed by atoms with van der Waals surface area (Å²) in [6.45, 7) is 2.80. The second kappa shape index (κ2) is 6.34. The molecule has 0 spiro atoms. The van der Waals surface area contributed by atoms with E-state index in [-0.39, 0.29) is 11.9 Å². The van der Waals surface area contributed by atoms with Crippen molar-refractivity contribution in [3.63, 3.8) is 0 Å². The minimum atomic E-state index is -0.204. The largest absolute Gasteiger partial charge is 0.497 e. The standard InChI is InChI=1S/C16H18FNO/c1-12(14-4-3-5-16(10-14)19-2)18-11-13-6-8-15(17)9-7-13/h3-10,12,18H,11H2,1-2H3. The van der Waals surface area contributed by atoms with Gasteiger partial charge in [-0.1, -0.05) is 24.3 Å². The van der Waals surface area contributed by atoms with Crippen LogP contribution < -0.4 is 10.1 Å². The highest BCUT2D eigenvalue weighted by molar-refractivity contribution is 5.30. The maximum atomic E-state index is 12.8. The molecule has 0 aliphatic rings.